The Hall–Kier alpha value is -1.90. The van der Waals surface area contributed by atoms with Gasteiger partial charge in [-0.2, -0.15) is 0 Å². The second-order valence-corrected chi connectivity index (χ2v) is 9.08. The van der Waals surface area contributed by atoms with Gasteiger partial charge in [0, 0.05) is 5.39 Å². The average molecular weight is 399 g/mol. The highest BCUT2D eigenvalue weighted by atomic mass is 19.1. The predicted octanol–water partition coefficient (Wildman–Crippen LogP) is 7.78. The van der Waals surface area contributed by atoms with Gasteiger partial charge < -0.3 is 4.74 Å². The highest BCUT2D eigenvalue weighted by Gasteiger charge is 2.35. The molecule has 4 rings (SSSR count). The molecule has 0 saturated heterocycles. The molecule has 0 aromatic heterocycles. The fourth-order valence-electron chi connectivity index (χ4n) is 5.82. The van der Waals surface area contributed by atoms with Gasteiger partial charge in [0.2, 0.25) is 0 Å². The molecule has 0 aliphatic heterocycles. The van der Waals surface area contributed by atoms with E-state index in [1.54, 1.807) is 6.07 Å². The number of fused-ring (bicyclic) bond motifs is 2. The molecular weight excluding hydrogens is 366 g/mol. The highest BCUT2D eigenvalue weighted by molar-refractivity contribution is 5.85. The van der Waals surface area contributed by atoms with E-state index in [0.717, 1.165) is 17.8 Å². The van der Waals surface area contributed by atoms with Crippen molar-refractivity contribution in [1.82, 2.24) is 0 Å². The lowest BCUT2D eigenvalue weighted by Crippen LogP contribution is -2.30. The van der Waals surface area contributed by atoms with Gasteiger partial charge in [0.15, 0.2) is 17.4 Å². The molecule has 2 fully saturated rings. The van der Waals surface area contributed by atoms with Gasteiger partial charge in [-0.1, -0.05) is 57.0 Å². The maximum atomic E-state index is 14.7. The Labute approximate surface area is 173 Å². The van der Waals surface area contributed by atoms with Crippen LogP contribution >= 0.6 is 0 Å². The first kappa shape index (κ1) is 20.4. The third-order valence-electron chi connectivity index (χ3n) is 7.25. The van der Waals surface area contributed by atoms with Crippen LogP contribution in [0.2, 0.25) is 0 Å². The van der Waals surface area contributed by atoms with Gasteiger partial charge in [0.1, 0.15) is 6.61 Å². The number of rotatable bonds is 6. The lowest BCUT2D eigenvalue weighted by molar-refractivity contribution is 0.114. The van der Waals surface area contributed by atoms with E-state index in [-0.39, 0.29) is 12.4 Å². The molecule has 0 heterocycles. The van der Waals surface area contributed by atoms with E-state index >= 15 is 0 Å². The first-order valence-corrected chi connectivity index (χ1v) is 11.3. The Morgan fingerprint density at radius 1 is 1.07 bits per heavy atom. The topological polar surface area (TPSA) is 9.23 Å². The largest absolute Gasteiger partial charge is 0.483 e. The second-order valence-electron chi connectivity index (χ2n) is 9.08. The highest BCUT2D eigenvalue weighted by Crippen LogP contribution is 2.48. The molecule has 0 spiro atoms. The monoisotopic (exact) mass is 398 g/mol. The summed E-state index contributed by atoms with van der Waals surface area (Å²) < 4.78 is 34.3. The molecule has 0 N–H and O–H groups in total. The number of hydrogen-bond donors (Lipinski definition) is 0. The van der Waals surface area contributed by atoms with Crippen LogP contribution in [0.15, 0.2) is 36.9 Å². The molecule has 2 saturated carbocycles. The van der Waals surface area contributed by atoms with Crippen LogP contribution < -0.4 is 4.74 Å². The van der Waals surface area contributed by atoms with Crippen molar-refractivity contribution in [2.75, 3.05) is 6.61 Å². The van der Waals surface area contributed by atoms with E-state index in [0.29, 0.717) is 16.7 Å². The molecule has 2 aromatic carbocycles. The van der Waals surface area contributed by atoms with Crippen molar-refractivity contribution in [3.63, 3.8) is 0 Å². The number of halogens is 2. The van der Waals surface area contributed by atoms with Crippen LogP contribution in [0, 0.1) is 29.4 Å². The van der Waals surface area contributed by atoms with Crippen LogP contribution in [-0.2, 0) is 0 Å². The average Bonchev–Trinajstić information content (AvgIpc) is 2.73. The van der Waals surface area contributed by atoms with Crippen LogP contribution in [0.5, 0.6) is 5.75 Å². The van der Waals surface area contributed by atoms with Crippen LogP contribution in [-0.4, -0.2) is 6.61 Å². The van der Waals surface area contributed by atoms with Gasteiger partial charge in [0.25, 0.3) is 0 Å². The molecule has 2 aliphatic carbocycles. The number of hydrogen-bond acceptors (Lipinski definition) is 1. The lowest BCUT2D eigenvalue weighted by Gasteiger charge is -2.42. The molecule has 0 radical (unpaired) electrons. The molecule has 0 bridgehead atoms. The summed E-state index contributed by atoms with van der Waals surface area (Å²) in [6.45, 7) is 5.91. The number of ether oxygens (including phenoxy) is 1. The summed E-state index contributed by atoms with van der Waals surface area (Å²) in [6, 6.07) is 7.23. The van der Waals surface area contributed by atoms with E-state index in [9.17, 15) is 8.78 Å². The maximum Gasteiger partial charge on any atom is 0.191 e. The summed E-state index contributed by atoms with van der Waals surface area (Å²) in [4.78, 5) is 0. The molecule has 29 heavy (non-hydrogen) atoms. The molecule has 4 atom stereocenters. The van der Waals surface area contributed by atoms with Gasteiger partial charge in [-0.25, -0.2) is 8.78 Å². The third kappa shape index (κ3) is 4.20. The van der Waals surface area contributed by atoms with Crippen LogP contribution in [0.1, 0.15) is 69.8 Å². The molecule has 0 amide bonds. The van der Waals surface area contributed by atoms with Gasteiger partial charge in [0.05, 0.1) is 0 Å². The first-order chi connectivity index (χ1) is 14.1. The summed E-state index contributed by atoms with van der Waals surface area (Å²) >= 11 is 0. The normalized spacial score (nSPS) is 26.9. The smallest absolute Gasteiger partial charge is 0.191 e. The quantitative estimate of drug-likeness (QED) is 0.451. The van der Waals surface area contributed by atoms with Gasteiger partial charge >= 0.3 is 0 Å². The van der Waals surface area contributed by atoms with Gasteiger partial charge in [-0.3, -0.25) is 0 Å². The second kappa shape index (κ2) is 8.85. The summed E-state index contributed by atoms with van der Waals surface area (Å²) in [5.74, 6) is 1.57. The van der Waals surface area contributed by atoms with Gasteiger partial charge in [-0.15, -0.1) is 0 Å². The SMILES string of the molecule is C=CCOc1c(F)cc2cc(C3CCC4CC(CCC)CCC4C3)ccc2c1F. The van der Waals surface area contributed by atoms with Crippen molar-refractivity contribution in [3.05, 3.63) is 54.1 Å². The summed E-state index contributed by atoms with van der Waals surface area (Å²) in [5, 5.41) is 1.04. The summed E-state index contributed by atoms with van der Waals surface area (Å²) in [5.41, 5.74) is 1.23. The van der Waals surface area contributed by atoms with Crippen molar-refractivity contribution < 1.29 is 13.5 Å². The van der Waals surface area contributed by atoms with E-state index < -0.39 is 11.6 Å². The fourth-order valence-corrected chi connectivity index (χ4v) is 5.82. The fraction of sp³-hybridized carbons (Fsp3) is 0.538. The Kier molecular flexibility index (Phi) is 6.22. The van der Waals surface area contributed by atoms with Crippen molar-refractivity contribution >= 4 is 10.8 Å². The molecule has 3 heteroatoms. The minimum atomic E-state index is -0.646. The summed E-state index contributed by atoms with van der Waals surface area (Å²) in [6.07, 6.45) is 12.0. The zero-order chi connectivity index (χ0) is 20.4. The molecule has 2 aliphatic rings. The minimum absolute atomic E-state index is 0.0845. The molecule has 2 aromatic rings. The minimum Gasteiger partial charge on any atom is -0.483 e. The van der Waals surface area contributed by atoms with E-state index in [1.165, 1.54) is 69.1 Å². The van der Waals surface area contributed by atoms with Crippen molar-refractivity contribution in [1.29, 1.82) is 0 Å². The zero-order valence-electron chi connectivity index (χ0n) is 17.4. The lowest BCUT2D eigenvalue weighted by atomic mass is 9.63. The Balaban J connectivity index is 1.52. The van der Waals surface area contributed by atoms with Gasteiger partial charge in [-0.05, 0) is 72.8 Å². The van der Waals surface area contributed by atoms with Crippen molar-refractivity contribution in [2.24, 2.45) is 17.8 Å². The van der Waals surface area contributed by atoms with E-state index in [4.69, 9.17) is 4.74 Å². The maximum absolute atomic E-state index is 14.7. The Bertz CT molecular complexity index is 875. The van der Waals surface area contributed by atoms with E-state index in [2.05, 4.69) is 13.5 Å². The standard InChI is InChI=1S/C26H32F2O/c1-3-5-17-6-7-19-14-20(9-8-18(19)13-17)21-10-11-23-22(15-21)16-24(27)26(25(23)28)29-12-4-2/h4,10-11,15-20H,2-3,5-9,12-14H2,1H3. The van der Waals surface area contributed by atoms with E-state index in [1.807, 2.05) is 12.1 Å². The van der Waals surface area contributed by atoms with Crippen molar-refractivity contribution in [3.8, 4) is 5.75 Å². The predicted molar refractivity (Wildman–Crippen MR) is 115 cm³/mol. The summed E-state index contributed by atoms with van der Waals surface area (Å²) in [7, 11) is 0. The Morgan fingerprint density at radius 3 is 2.66 bits per heavy atom. The Morgan fingerprint density at radius 2 is 1.86 bits per heavy atom. The molecular formula is C26H32F2O. The zero-order valence-corrected chi connectivity index (χ0v) is 17.4. The molecule has 156 valence electrons. The third-order valence-corrected chi connectivity index (χ3v) is 7.25. The first-order valence-electron chi connectivity index (χ1n) is 11.3. The molecule has 1 nitrogen and oxygen atoms in total. The van der Waals surface area contributed by atoms with Crippen LogP contribution in [0.3, 0.4) is 0 Å². The molecule has 4 unspecified atom stereocenters. The van der Waals surface area contributed by atoms with Crippen molar-refractivity contribution in [2.45, 2.75) is 64.2 Å². The van der Waals surface area contributed by atoms with Crippen LogP contribution in [0.25, 0.3) is 10.8 Å². The van der Waals surface area contributed by atoms with Crippen LogP contribution in [0.4, 0.5) is 8.78 Å². The number of benzene rings is 2.